The van der Waals surface area contributed by atoms with Crippen molar-refractivity contribution < 1.29 is 22.3 Å². The third-order valence-corrected chi connectivity index (χ3v) is 2.65. The van der Waals surface area contributed by atoms with Crippen molar-refractivity contribution in [3.8, 4) is 11.8 Å². The molecule has 1 saturated carbocycles. The molecule has 0 atom stereocenters. The van der Waals surface area contributed by atoms with Crippen LogP contribution in [0.2, 0.25) is 0 Å². The molecule has 0 unspecified atom stereocenters. The standard InChI is InChI=1S/C11H7F4NO/c12-9-5-7(17-11(13,14)15)1-2-8(9)10(6-16)3-4-10/h1-2,5H,3-4H2. The quantitative estimate of drug-likeness (QED) is 0.749. The topological polar surface area (TPSA) is 33.0 Å². The lowest BCUT2D eigenvalue weighted by Gasteiger charge is -2.12. The van der Waals surface area contributed by atoms with Gasteiger partial charge < -0.3 is 4.74 Å². The zero-order valence-electron chi connectivity index (χ0n) is 8.51. The molecule has 90 valence electrons. The van der Waals surface area contributed by atoms with E-state index in [0.29, 0.717) is 18.9 Å². The zero-order chi connectivity index (χ0) is 12.7. The van der Waals surface area contributed by atoms with Crippen molar-refractivity contribution in [2.45, 2.75) is 24.6 Å². The SMILES string of the molecule is N#CC1(c2ccc(OC(F)(F)F)cc2F)CC1. The minimum atomic E-state index is -4.85. The third kappa shape index (κ3) is 2.33. The van der Waals surface area contributed by atoms with Gasteiger partial charge in [0.15, 0.2) is 0 Å². The lowest BCUT2D eigenvalue weighted by molar-refractivity contribution is -0.274. The highest BCUT2D eigenvalue weighted by Gasteiger charge is 2.46. The summed E-state index contributed by atoms with van der Waals surface area (Å²) in [5.74, 6) is -1.46. The van der Waals surface area contributed by atoms with Gasteiger partial charge in [-0.15, -0.1) is 13.2 Å². The number of nitriles is 1. The molecular formula is C11H7F4NO. The van der Waals surface area contributed by atoms with E-state index < -0.39 is 23.3 Å². The number of hydrogen-bond donors (Lipinski definition) is 0. The molecule has 0 aromatic heterocycles. The minimum Gasteiger partial charge on any atom is -0.406 e. The Kier molecular flexibility index (Phi) is 2.49. The fourth-order valence-electron chi connectivity index (χ4n) is 1.65. The van der Waals surface area contributed by atoms with Crippen molar-refractivity contribution in [3.05, 3.63) is 29.6 Å². The van der Waals surface area contributed by atoms with Crippen LogP contribution >= 0.6 is 0 Å². The maximum atomic E-state index is 13.5. The number of ether oxygens (including phenoxy) is 1. The van der Waals surface area contributed by atoms with Crippen LogP contribution in [0.3, 0.4) is 0 Å². The fraction of sp³-hybridized carbons (Fsp3) is 0.364. The summed E-state index contributed by atoms with van der Waals surface area (Å²) in [6, 6.07) is 4.82. The molecule has 17 heavy (non-hydrogen) atoms. The number of benzene rings is 1. The second-order valence-corrected chi connectivity index (χ2v) is 3.88. The molecule has 0 radical (unpaired) electrons. The van der Waals surface area contributed by atoms with Crippen LogP contribution in [0.15, 0.2) is 18.2 Å². The summed E-state index contributed by atoms with van der Waals surface area (Å²) < 4.78 is 52.8. The van der Waals surface area contributed by atoms with E-state index in [0.717, 1.165) is 6.07 Å². The molecule has 1 fully saturated rings. The van der Waals surface area contributed by atoms with Gasteiger partial charge in [0.2, 0.25) is 0 Å². The van der Waals surface area contributed by atoms with Gasteiger partial charge in [-0.3, -0.25) is 0 Å². The third-order valence-electron chi connectivity index (χ3n) is 2.65. The first-order chi connectivity index (χ1) is 7.86. The van der Waals surface area contributed by atoms with E-state index in [4.69, 9.17) is 5.26 Å². The lowest BCUT2D eigenvalue weighted by Crippen LogP contribution is -2.17. The summed E-state index contributed by atoms with van der Waals surface area (Å²) in [5.41, 5.74) is -0.726. The Balaban J connectivity index is 2.28. The molecule has 0 spiro atoms. The van der Waals surface area contributed by atoms with Gasteiger partial charge in [0.25, 0.3) is 0 Å². The molecular weight excluding hydrogens is 238 g/mol. The normalized spacial score (nSPS) is 17.4. The molecule has 1 aromatic carbocycles. The van der Waals surface area contributed by atoms with Gasteiger partial charge in [-0.25, -0.2) is 4.39 Å². The molecule has 0 heterocycles. The monoisotopic (exact) mass is 245 g/mol. The number of nitrogens with zero attached hydrogens (tertiary/aromatic N) is 1. The van der Waals surface area contributed by atoms with Gasteiger partial charge in [-0.2, -0.15) is 5.26 Å². The molecule has 1 aliphatic carbocycles. The molecule has 2 nitrogen and oxygen atoms in total. The Morgan fingerprint density at radius 2 is 1.94 bits per heavy atom. The Bertz CT molecular complexity index is 485. The average Bonchev–Trinajstić information content (AvgIpc) is 2.96. The van der Waals surface area contributed by atoms with Gasteiger partial charge in [-0.1, -0.05) is 6.07 Å². The predicted octanol–water partition coefficient (Wildman–Crippen LogP) is 3.28. The first-order valence-corrected chi connectivity index (χ1v) is 4.83. The summed E-state index contributed by atoms with van der Waals surface area (Å²) >= 11 is 0. The van der Waals surface area contributed by atoms with E-state index in [2.05, 4.69) is 4.74 Å². The first-order valence-electron chi connectivity index (χ1n) is 4.83. The summed E-state index contributed by atoms with van der Waals surface area (Å²) in [4.78, 5) is 0. The summed E-state index contributed by atoms with van der Waals surface area (Å²) in [7, 11) is 0. The van der Waals surface area contributed by atoms with Crippen molar-refractivity contribution in [1.82, 2.24) is 0 Å². The van der Waals surface area contributed by atoms with Crippen LogP contribution in [0.5, 0.6) is 5.75 Å². The lowest BCUT2D eigenvalue weighted by atomic mass is 9.97. The molecule has 0 saturated heterocycles. The number of alkyl halides is 3. The highest BCUT2D eigenvalue weighted by molar-refractivity contribution is 5.42. The Morgan fingerprint density at radius 1 is 1.29 bits per heavy atom. The van der Waals surface area contributed by atoms with Crippen LogP contribution in [0.1, 0.15) is 18.4 Å². The van der Waals surface area contributed by atoms with Crippen LogP contribution in [0, 0.1) is 17.1 Å². The smallest absolute Gasteiger partial charge is 0.406 e. The Hall–Kier alpha value is -1.77. The maximum absolute atomic E-state index is 13.5. The van der Waals surface area contributed by atoms with Crippen molar-refractivity contribution in [1.29, 1.82) is 5.26 Å². The van der Waals surface area contributed by atoms with Crippen LogP contribution in [0.4, 0.5) is 17.6 Å². The van der Waals surface area contributed by atoms with Crippen LogP contribution in [-0.4, -0.2) is 6.36 Å². The van der Waals surface area contributed by atoms with E-state index in [1.54, 1.807) is 0 Å². The molecule has 0 N–H and O–H groups in total. The average molecular weight is 245 g/mol. The molecule has 6 heteroatoms. The van der Waals surface area contributed by atoms with E-state index in [1.807, 2.05) is 6.07 Å². The highest BCUT2D eigenvalue weighted by atomic mass is 19.4. The largest absolute Gasteiger partial charge is 0.573 e. The van der Waals surface area contributed by atoms with Gasteiger partial charge >= 0.3 is 6.36 Å². The van der Waals surface area contributed by atoms with Crippen molar-refractivity contribution in [3.63, 3.8) is 0 Å². The summed E-state index contributed by atoms with van der Waals surface area (Å²) in [6.45, 7) is 0. The maximum Gasteiger partial charge on any atom is 0.573 e. The second kappa shape index (κ2) is 3.62. The molecule has 0 amide bonds. The Labute approximate surface area is 94.4 Å². The van der Waals surface area contributed by atoms with Crippen LogP contribution in [0.25, 0.3) is 0 Å². The van der Waals surface area contributed by atoms with E-state index >= 15 is 0 Å². The summed E-state index contributed by atoms with van der Waals surface area (Å²) in [6.07, 6.45) is -3.79. The van der Waals surface area contributed by atoms with Crippen molar-refractivity contribution >= 4 is 0 Å². The molecule has 1 aromatic rings. The van der Waals surface area contributed by atoms with Crippen molar-refractivity contribution in [2.24, 2.45) is 0 Å². The van der Waals surface area contributed by atoms with Gasteiger partial charge in [0.1, 0.15) is 11.6 Å². The van der Waals surface area contributed by atoms with E-state index in [1.165, 1.54) is 6.07 Å². The predicted molar refractivity (Wildman–Crippen MR) is 49.6 cm³/mol. The minimum absolute atomic E-state index is 0.134. The van der Waals surface area contributed by atoms with Crippen molar-refractivity contribution in [2.75, 3.05) is 0 Å². The molecule has 0 bridgehead atoms. The molecule has 0 aliphatic heterocycles. The van der Waals surface area contributed by atoms with Crippen LogP contribution in [-0.2, 0) is 5.41 Å². The molecule has 1 aliphatic rings. The van der Waals surface area contributed by atoms with E-state index in [9.17, 15) is 17.6 Å². The first kappa shape index (κ1) is 11.7. The number of hydrogen-bond acceptors (Lipinski definition) is 2. The Morgan fingerprint density at radius 3 is 2.35 bits per heavy atom. The van der Waals surface area contributed by atoms with Crippen LogP contribution < -0.4 is 4.74 Å². The van der Waals surface area contributed by atoms with Gasteiger partial charge in [0, 0.05) is 11.6 Å². The molecule has 2 rings (SSSR count). The van der Waals surface area contributed by atoms with E-state index in [-0.39, 0.29) is 5.56 Å². The van der Waals surface area contributed by atoms with Gasteiger partial charge in [0.05, 0.1) is 11.5 Å². The number of rotatable bonds is 2. The fourth-order valence-corrected chi connectivity index (χ4v) is 1.65. The highest BCUT2D eigenvalue weighted by Crippen LogP contribution is 2.48. The number of halogens is 4. The zero-order valence-corrected chi connectivity index (χ0v) is 8.51. The second-order valence-electron chi connectivity index (χ2n) is 3.88. The summed E-state index contributed by atoms with van der Waals surface area (Å²) in [5, 5.41) is 8.86. The van der Waals surface area contributed by atoms with Gasteiger partial charge in [-0.05, 0) is 18.9 Å².